The summed E-state index contributed by atoms with van der Waals surface area (Å²) < 4.78 is 0. The minimum Gasteiger partial charge on any atom is -0.322 e. The van der Waals surface area contributed by atoms with Gasteiger partial charge in [0, 0.05) is 29.5 Å². The Hall–Kier alpha value is -2.82. The molecule has 2 aromatic rings. The van der Waals surface area contributed by atoms with E-state index in [0.29, 0.717) is 23.2 Å². The molecule has 0 bridgehead atoms. The molecule has 2 unspecified atom stereocenters. The van der Waals surface area contributed by atoms with Crippen LogP contribution in [0, 0.1) is 5.92 Å². The number of nitrogens with one attached hydrogen (secondary N) is 2. The number of fused-ring (bicyclic) bond motifs is 1. The molecule has 2 fully saturated rings. The second kappa shape index (κ2) is 6.59. The van der Waals surface area contributed by atoms with Gasteiger partial charge in [0.25, 0.3) is 5.91 Å². The summed E-state index contributed by atoms with van der Waals surface area (Å²) in [7, 11) is 0. The fourth-order valence-electron chi connectivity index (χ4n) is 3.75. The topological polar surface area (TPSA) is 61.4 Å². The number of carbonyl (C=O) groups excluding carboxylic acids is 2. The van der Waals surface area contributed by atoms with E-state index in [1.54, 1.807) is 24.3 Å². The highest BCUT2D eigenvalue weighted by atomic mass is 16.2. The van der Waals surface area contributed by atoms with Crippen molar-refractivity contribution in [3.05, 3.63) is 60.2 Å². The van der Waals surface area contributed by atoms with Crippen LogP contribution in [0.4, 0.5) is 16.2 Å². The zero-order valence-electron chi connectivity index (χ0n) is 13.9. The summed E-state index contributed by atoms with van der Waals surface area (Å²) in [5, 5.41) is 5.77. The second-order valence-corrected chi connectivity index (χ2v) is 6.74. The Labute approximate surface area is 147 Å². The molecule has 4 rings (SSSR count). The van der Waals surface area contributed by atoms with Crippen LogP contribution in [-0.2, 0) is 0 Å². The first-order valence-corrected chi connectivity index (χ1v) is 8.75. The molecule has 1 saturated heterocycles. The van der Waals surface area contributed by atoms with Crippen LogP contribution in [0.25, 0.3) is 0 Å². The number of carbonyl (C=O) groups is 2. The molecule has 5 nitrogen and oxygen atoms in total. The predicted octanol–water partition coefficient (Wildman–Crippen LogP) is 3.96. The maximum absolute atomic E-state index is 12.3. The number of hydrogen-bond acceptors (Lipinski definition) is 2. The van der Waals surface area contributed by atoms with Crippen LogP contribution in [0.5, 0.6) is 0 Å². The molecule has 25 heavy (non-hydrogen) atoms. The van der Waals surface area contributed by atoms with Crippen LogP contribution in [0.1, 0.15) is 29.6 Å². The minimum absolute atomic E-state index is 0.0374. The molecule has 1 aliphatic carbocycles. The fraction of sp³-hybridized carbons (Fsp3) is 0.300. The van der Waals surface area contributed by atoms with Crippen molar-refractivity contribution in [2.45, 2.75) is 25.3 Å². The van der Waals surface area contributed by atoms with Crippen LogP contribution < -0.4 is 10.6 Å². The van der Waals surface area contributed by atoms with Gasteiger partial charge in [0.1, 0.15) is 0 Å². The van der Waals surface area contributed by atoms with Gasteiger partial charge in [0.2, 0.25) is 0 Å². The van der Waals surface area contributed by atoms with Crippen LogP contribution in [0.15, 0.2) is 54.6 Å². The number of anilines is 2. The molecule has 5 heteroatoms. The first-order valence-electron chi connectivity index (χ1n) is 8.75. The predicted molar refractivity (Wildman–Crippen MR) is 97.7 cm³/mol. The summed E-state index contributed by atoms with van der Waals surface area (Å²) in [6, 6.07) is 16.7. The fourth-order valence-corrected chi connectivity index (χ4v) is 3.75. The van der Waals surface area contributed by atoms with Crippen LogP contribution in [-0.4, -0.2) is 29.4 Å². The van der Waals surface area contributed by atoms with E-state index in [9.17, 15) is 9.59 Å². The van der Waals surface area contributed by atoms with Gasteiger partial charge in [0.05, 0.1) is 0 Å². The van der Waals surface area contributed by atoms with Crippen molar-refractivity contribution in [2.24, 2.45) is 5.92 Å². The lowest BCUT2D eigenvalue weighted by molar-refractivity contribution is 0.0797. The normalized spacial score (nSPS) is 21.2. The Bertz CT molecular complexity index is 773. The molecule has 2 N–H and O–H groups in total. The number of amides is 3. The van der Waals surface area contributed by atoms with Gasteiger partial charge >= 0.3 is 6.03 Å². The zero-order chi connectivity index (χ0) is 17.2. The number of likely N-dealkylation sites (tertiary alicyclic amines) is 1. The number of urea groups is 1. The van der Waals surface area contributed by atoms with Crippen molar-refractivity contribution in [1.29, 1.82) is 0 Å². The molecule has 1 heterocycles. The van der Waals surface area contributed by atoms with Gasteiger partial charge in [-0.05, 0) is 55.2 Å². The Balaban J connectivity index is 1.35. The molecule has 128 valence electrons. The Morgan fingerprint density at radius 2 is 1.60 bits per heavy atom. The summed E-state index contributed by atoms with van der Waals surface area (Å²) in [6.45, 7) is 0.869. The maximum Gasteiger partial charge on any atom is 0.322 e. The molecule has 2 aliphatic rings. The van der Waals surface area contributed by atoms with Crippen LogP contribution >= 0.6 is 0 Å². The summed E-state index contributed by atoms with van der Waals surface area (Å²) in [5.41, 5.74) is 2.03. The highest BCUT2D eigenvalue weighted by molar-refractivity contribution is 6.04. The number of benzene rings is 2. The first kappa shape index (κ1) is 15.7. The lowest BCUT2D eigenvalue weighted by Crippen LogP contribution is -2.57. The van der Waals surface area contributed by atoms with E-state index in [0.717, 1.165) is 18.7 Å². The third-order valence-corrected chi connectivity index (χ3v) is 5.14. The van der Waals surface area contributed by atoms with Gasteiger partial charge in [-0.2, -0.15) is 0 Å². The largest absolute Gasteiger partial charge is 0.322 e. The Morgan fingerprint density at radius 3 is 2.32 bits per heavy atom. The third kappa shape index (κ3) is 3.22. The molecule has 2 atom stereocenters. The highest BCUT2D eigenvalue weighted by Gasteiger charge is 2.44. The second-order valence-electron chi connectivity index (χ2n) is 6.74. The SMILES string of the molecule is O=C(Nc1ccccc1)c1ccc(NC(=O)N2CC3CCCC32)cc1. The smallest absolute Gasteiger partial charge is 0.322 e. The number of para-hydroxylation sites is 1. The van der Waals surface area contributed by atoms with Gasteiger partial charge in [-0.3, -0.25) is 4.79 Å². The highest BCUT2D eigenvalue weighted by Crippen LogP contribution is 2.39. The van der Waals surface area contributed by atoms with E-state index in [4.69, 9.17) is 0 Å². The molecule has 2 aromatic carbocycles. The van der Waals surface area contributed by atoms with Gasteiger partial charge in [-0.25, -0.2) is 4.79 Å². The molecule has 0 spiro atoms. The summed E-state index contributed by atoms with van der Waals surface area (Å²) >= 11 is 0. The molecule has 0 radical (unpaired) electrons. The minimum atomic E-state index is -0.166. The van der Waals surface area contributed by atoms with Crippen molar-refractivity contribution in [2.75, 3.05) is 17.2 Å². The zero-order valence-corrected chi connectivity index (χ0v) is 13.9. The summed E-state index contributed by atoms with van der Waals surface area (Å²) in [5.74, 6) is 0.537. The van der Waals surface area contributed by atoms with Crippen molar-refractivity contribution >= 4 is 23.3 Å². The van der Waals surface area contributed by atoms with E-state index >= 15 is 0 Å². The van der Waals surface area contributed by atoms with Crippen LogP contribution in [0.3, 0.4) is 0 Å². The maximum atomic E-state index is 12.3. The van der Waals surface area contributed by atoms with Gasteiger partial charge in [-0.1, -0.05) is 24.6 Å². The van der Waals surface area contributed by atoms with Crippen molar-refractivity contribution in [3.8, 4) is 0 Å². The van der Waals surface area contributed by atoms with E-state index in [1.165, 1.54) is 12.8 Å². The third-order valence-electron chi connectivity index (χ3n) is 5.14. The van der Waals surface area contributed by atoms with Gasteiger partial charge in [-0.15, -0.1) is 0 Å². The standard InChI is InChI=1S/C20H21N3O2/c24-19(21-16-6-2-1-3-7-16)14-9-11-17(12-10-14)22-20(25)23-13-15-5-4-8-18(15)23/h1-3,6-7,9-12,15,18H,4-5,8,13H2,(H,21,24)(H,22,25). The quantitative estimate of drug-likeness (QED) is 0.892. The molecular weight excluding hydrogens is 314 g/mol. The van der Waals surface area contributed by atoms with E-state index < -0.39 is 0 Å². The van der Waals surface area contributed by atoms with E-state index in [2.05, 4.69) is 10.6 Å². The van der Waals surface area contributed by atoms with Gasteiger partial charge < -0.3 is 15.5 Å². The molecule has 3 amide bonds. The average molecular weight is 335 g/mol. The lowest BCUT2D eigenvalue weighted by Gasteiger charge is -2.44. The number of nitrogens with zero attached hydrogens (tertiary/aromatic N) is 1. The van der Waals surface area contributed by atoms with Gasteiger partial charge in [0.15, 0.2) is 0 Å². The molecule has 1 saturated carbocycles. The Kier molecular flexibility index (Phi) is 4.14. The summed E-state index contributed by atoms with van der Waals surface area (Å²) in [4.78, 5) is 26.5. The molecule has 0 aromatic heterocycles. The van der Waals surface area contributed by atoms with E-state index in [1.807, 2.05) is 35.2 Å². The average Bonchev–Trinajstić information content (AvgIpc) is 2.97. The summed E-state index contributed by atoms with van der Waals surface area (Å²) in [6.07, 6.45) is 3.60. The molecule has 1 aliphatic heterocycles. The Morgan fingerprint density at radius 1 is 0.880 bits per heavy atom. The number of hydrogen-bond donors (Lipinski definition) is 2. The molecular formula is C20H21N3O2. The van der Waals surface area contributed by atoms with Crippen LogP contribution in [0.2, 0.25) is 0 Å². The van der Waals surface area contributed by atoms with Crippen molar-refractivity contribution in [1.82, 2.24) is 4.90 Å². The first-order chi connectivity index (χ1) is 12.2. The van der Waals surface area contributed by atoms with Crippen molar-refractivity contribution in [3.63, 3.8) is 0 Å². The number of rotatable bonds is 3. The monoisotopic (exact) mass is 335 g/mol. The van der Waals surface area contributed by atoms with E-state index in [-0.39, 0.29) is 11.9 Å². The lowest BCUT2D eigenvalue weighted by atomic mass is 9.92. The van der Waals surface area contributed by atoms with Crippen molar-refractivity contribution < 1.29 is 9.59 Å².